The molecule has 3 heterocycles. The molecule has 0 saturated carbocycles. The smallest absolute Gasteiger partial charge is 0.233 e. The zero-order valence-corrected chi connectivity index (χ0v) is 16.3. The standard InChI is InChI=1S/C21H22N4O2S/c26-19(15-28-21-22-14-18-8-4-5-11-25(18)21)24-12-9-16(10-13-24)20(27)23-17-6-2-1-3-7-17/h1-8,11,14,16H,9-10,12-13,15H2,(H,23,27). The van der Waals surface area contributed by atoms with Crippen LogP contribution in [0.1, 0.15) is 12.8 Å². The average Bonchev–Trinajstić information content (AvgIpc) is 3.16. The molecule has 0 unspecified atom stereocenters. The molecule has 1 N–H and O–H groups in total. The minimum absolute atomic E-state index is 0.0385. The summed E-state index contributed by atoms with van der Waals surface area (Å²) in [6, 6.07) is 15.4. The van der Waals surface area contributed by atoms with E-state index < -0.39 is 0 Å². The number of fused-ring (bicyclic) bond motifs is 1. The zero-order chi connectivity index (χ0) is 19.3. The summed E-state index contributed by atoms with van der Waals surface area (Å²) in [4.78, 5) is 31.2. The molecule has 144 valence electrons. The number of amides is 2. The fraction of sp³-hybridized carbons (Fsp3) is 0.286. The number of para-hydroxylation sites is 1. The minimum Gasteiger partial charge on any atom is -0.342 e. The Hall–Kier alpha value is -2.80. The number of likely N-dealkylation sites (tertiary alicyclic amines) is 1. The van der Waals surface area contributed by atoms with Crippen LogP contribution in [-0.2, 0) is 9.59 Å². The maximum absolute atomic E-state index is 12.6. The third kappa shape index (κ3) is 4.20. The van der Waals surface area contributed by atoms with E-state index in [4.69, 9.17) is 0 Å². The Morgan fingerprint density at radius 1 is 1.07 bits per heavy atom. The SMILES string of the molecule is O=C(Nc1ccccc1)C1CCN(C(=O)CSc2ncc3ccccn23)CC1. The molecular formula is C21H22N4O2S. The monoisotopic (exact) mass is 394 g/mol. The molecule has 0 radical (unpaired) electrons. The summed E-state index contributed by atoms with van der Waals surface area (Å²) in [5, 5.41) is 3.78. The van der Waals surface area contributed by atoms with Crippen LogP contribution < -0.4 is 5.32 Å². The van der Waals surface area contributed by atoms with Gasteiger partial charge in [-0.3, -0.25) is 14.0 Å². The number of benzene rings is 1. The second-order valence-electron chi connectivity index (χ2n) is 6.84. The number of nitrogens with zero attached hydrogens (tertiary/aromatic N) is 3. The number of nitrogens with one attached hydrogen (secondary N) is 1. The first-order chi connectivity index (χ1) is 13.7. The highest BCUT2D eigenvalue weighted by Crippen LogP contribution is 2.22. The lowest BCUT2D eigenvalue weighted by Gasteiger charge is -2.31. The van der Waals surface area contributed by atoms with Crippen molar-refractivity contribution in [3.05, 3.63) is 60.9 Å². The number of thioether (sulfide) groups is 1. The molecule has 1 aliphatic rings. The van der Waals surface area contributed by atoms with Crippen LogP contribution in [-0.4, -0.2) is 44.9 Å². The maximum atomic E-state index is 12.6. The summed E-state index contributed by atoms with van der Waals surface area (Å²) in [6.45, 7) is 1.24. The summed E-state index contributed by atoms with van der Waals surface area (Å²) >= 11 is 1.45. The molecule has 4 rings (SSSR count). The molecule has 3 aromatic rings. The number of carbonyl (C=O) groups is 2. The van der Waals surface area contributed by atoms with Crippen molar-refractivity contribution in [3.8, 4) is 0 Å². The van der Waals surface area contributed by atoms with Gasteiger partial charge < -0.3 is 10.2 Å². The van der Waals surface area contributed by atoms with Crippen LogP contribution in [0.3, 0.4) is 0 Å². The fourth-order valence-electron chi connectivity index (χ4n) is 3.40. The van der Waals surface area contributed by atoms with Crippen LogP contribution in [0.5, 0.6) is 0 Å². The molecule has 0 spiro atoms. The van der Waals surface area contributed by atoms with Gasteiger partial charge in [0.1, 0.15) is 0 Å². The van der Waals surface area contributed by atoms with Crippen LogP contribution in [0.2, 0.25) is 0 Å². The molecule has 1 aliphatic heterocycles. The van der Waals surface area contributed by atoms with Crippen LogP contribution in [0, 0.1) is 5.92 Å². The predicted molar refractivity (Wildman–Crippen MR) is 110 cm³/mol. The van der Waals surface area contributed by atoms with Crippen LogP contribution in [0.25, 0.3) is 5.52 Å². The number of hydrogen-bond acceptors (Lipinski definition) is 4. The number of aromatic nitrogens is 2. The van der Waals surface area contributed by atoms with Gasteiger partial charge in [-0.15, -0.1) is 0 Å². The highest BCUT2D eigenvalue weighted by Gasteiger charge is 2.27. The van der Waals surface area contributed by atoms with E-state index in [0.29, 0.717) is 31.7 Å². The van der Waals surface area contributed by atoms with Gasteiger partial charge in [0.2, 0.25) is 11.8 Å². The number of rotatable bonds is 5. The quantitative estimate of drug-likeness (QED) is 0.675. The third-order valence-electron chi connectivity index (χ3n) is 4.99. The Morgan fingerprint density at radius 2 is 1.82 bits per heavy atom. The maximum Gasteiger partial charge on any atom is 0.233 e. The topological polar surface area (TPSA) is 66.7 Å². The number of hydrogen-bond donors (Lipinski definition) is 1. The number of anilines is 1. The lowest BCUT2D eigenvalue weighted by atomic mass is 9.96. The summed E-state index contributed by atoms with van der Waals surface area (Å²) < 4.78 is 1.98. The Kier molecular flexibility index (Phi) is 5.62. The molecule has 0 atom stereocenters. The second kappa shape index (κ2) is 8.48. The zero-order valence-electron chi connectivity index (χ0n) is 15.5. The van der Waals surface area contributed by atoms with E-state index in [0.717, 1.165) is 16.4 Å². The van der Waals surface area contributed by atoms with E-state index in [1.807, 2.05) is 70.2 Å². The van der Waals surface area contributed by atoms with Gasteiger partial charge in [-0.1, -0.05) is 36.0 Å². The predicted octanol–water partition coefficient (Wildman–Crippen LogP) is 3.30. The van der Waals surface area contributed by atoms with Gasteiger partial charge in [-0.25, -0.2) is 4.98 Å². The van der Waals surface area contributed by atoms with Crippen molar-refractivity contribution < 1.29 is 9.59 Å². The van der Waals surface area contributed by atoms with Crippen LogP contribution in [0.15, 0.2) is 66.1 Å². The largest absolute Gasteiger partial charge is 0.342 e. The van der Waals surface area contributed by atoms with Gasteiger partial charge in [0.15, 0.2) is 5.16 Å². The van der Waals surface area contributed by atoms with E-state index in [1.165, 1.54) is 11.8 Å². The van der Waals surface area contributed by atoms with Gasteiger partial charge in [-0.05, 0) is 37.1 Å². The molecular weight excluding hydrogens is 372 g/mol. The second-order valence-corrected chi connectivity index (χ2v) is 7.78. The van der Waals surface area contributed by atoms with Gasteiger partial charge >= 0.3 is 0 Å². The van der Waals surface area contributed by atoms with Crippen LogP contribution in [0.4, 0.5) is 5.69 Å². The molecule has 1 fully saturated rings. The van der Waals surface area contributed by atoms with E-state index in [-0.39, 0.29) is 17.7 Å². The van der Waals surface area contributed by atoms with Crippen molar-refractivity contribution in [3.63, 3.8) is 0 Å². The molecule has 1 aromatic carbocycles. The third-order valence-corrected chi connectivity index (χ3v) is 5.94. The first-order valence-corrected chi connectivity index (χ1v) is 10.4. The molecule has 2 amide bonds. The summed E-state index contributed by atoms with van der Waals surface area (Å²) in [5.41, 5.74) is 1.83. The summed E-state index contributed by atoms with van der Waals surface area (Å²) in [5.74, 6) is 0.443. The highest BCUT2D eigenvalue weighted by molar-refractivity contribution is 7.99. The Bertz CT molecular complexity index is 965. The van der Waals surface area contributed by atoms with Crippen LogP contribution >= 0.6 is 11.8 Å². The van der Waals surface area contributed by atoms with Gasteiger partial charge in [-0.2, -0.15) is 0 Å². The Labute approximate surface area is 167 Å². The van der Waals surface area contributed by atoms with Crippen molar-refractivity contribution >= 4 is 34.8 Å². The highest BCUT2D eigenvalue weighted by atomic mass is 32.2. The Morgan fingerprint density at radius 3 is 2.61 bits per heavy atom. The lowest BCUT2D eigenvalue weighted by molar-refractivity contribution is -0.132. The summed E-state index contributed by atoms with van der Waals surface area (Å²) in [6.07, 6.45) is 5.15. The number of piperidine rings is 1. The molecule has 1 saturated heterocycles. The minimum atomic E-state index is -0.0480. The molecule has 0 bridgehead atoms. The average molecular weight is 395 g/mol. The molecule has 0 aliphatic carbocycles. The van der Waals surface area contributed by atoms with Crippen molar-refractivity contribution in [1.29, 1.82) is 0 Å². The molecule has 28 heavy (non-hydrogen) atoms. The van der Waals surface area contributed by atoms with E-state index >= 15 is 0 Å². The van der Waals surface area contributed by atoms with Crippen molar-refractivity contribution in [2.75, 3.05) is 24.2 Å². The lowest BCUT2D eigenvalue weighted by Crippen LogP contribution is -2.42. The molecule has 2 aromatic heterocycles. The number of carbonyl (C=O) groups excluding carboxylic acids is 2. The van der Waals surface area contributed by atoms with E-state index in [9.17, 15) is 9.59 Å². The van der Waals surface area contributed by atoms with Crippen molar-refractivity contribution in [2.45, 2.75) is 18.0 Å². The Balaban J connectivity index is 1.26. The fourth-order valence-corrected chi connectivity index (χ4v) is 4.27. The molecule has 7 heteroatoms. The first-order valence-electron chi connectivity index (χ1n) is 9.39. The number of imidazole rings is 1. The van der Waals surface area contributed by atoms with Gasteiger partial charge in [0.05, 0.1) is 17.5 Å². The normalized spacial score (nSPS) is 14.9. The van der Waals surface area contributed by atoms with Gasteiger partial charge in [0.25, 0.3) is 0 Å². The van der Waals surface area contributed by atoms with E-state index in [2.05, 4.69) is 10.3 Å². The van der Waals surface area contributed by atoms with Crippen molar-refractivity contribution in [1.82, 2.24) is 14.3 Å². The van der Waals surface area contributed by atoms with E-state index in [1.54, 1.807) is 0 Å². The van der Waals surface area contributed by atoms with Crippen molar-refractivity contribution in [2.24, 2.45) is 5.92 Å². The van der Waals surface area contributed by atoms with Gasteiger partial charge in [0, 0.05) is 30.9 Å². The number of pyridine rings is 1. The summed E-state index contributed by atoms with van der Waals surface area (Å²) in [7, 11) is 0. The first kappa shape index (κ1) is 18.6. The molecule has 6 nitrogen and oxygen atoms in total.